The van der Waals surface area contributed by atoms with Crippen LogP contribution in [0, 0.1) is 5.92 Å². The van der Waals surface area contributed by atoms with E-state index in [9.17, 15) is 13.2 Å². The minimum Gasteiger partial charge on any atom is -0.481 e. The van der Waals surface area contributed by atoms with Crippen molar-refractivity contribution in [3.63, 3.8) is 0 Å². The van der Waals surface area contributed by atoms with Crippen molar-refractivity contribution in [1.82, 2.24) is 4.31 Å². The van der Waals surface area contributed by atoms with Gasteiger partial charge in [0.05, 0.1) is 17.4 Å². The minimum atomic E-state index is -3.63. The predicted octanol–water partition coefficient (Wildman–Crippen LogP) is 0.928. The monoisotopic (exact) mass is 299 g/mol. The molecule has 1 atom stereocenters. The predicted molar refractivity (Wildman–Crippen MR) is 71.7 cm³/mol. The standard InChI is InChI=1S/C13H17NO5S/c1-19-9-10-3-2-4-12(7-10)20(17,18)14-6-5-11(8-14)13(15)16/h2-4,7,11H,5-6,8-9H2,1H3,(H,15,16). The summed E-state index contributed by atoms with van der Waals surface area (Å²) in [6.45, 7) is 0.612. The molecule has 1 unspecified atom stereocenters. The lowest BCUT2D eigenvalue weighted by Crippen LogP contribution is -2.30. The van der Waals surface area contributed by atoms with E-state index in [0.717, 1.165) is 5.56 Å². The maximum Gasteiger partial charge on any atom is 0.307 e. The molecule has 0 amide bonds. The van der Waals surface area contributed by atoms with Gasteiger partial charge in [-0.2, -0.15) is 4.31 Å². The fourth-order valence-electron chi connectivity index (χ4n) is 2.26. The summed E-state index contributed by atoms with van der Waals surface area (Å²) in [5.41, 5.74) is 0.766. The molecule has 0 radical (unpaired) electrons. The third kappa shape index (κ3) is 3.00. The van der Waals surface area contributed by atoms with Gasteiger partial charge in [-0.1, -0.05) is 12.1 Å². The molecule has 1 N–H and O–H groups in total. The molecule has 1 aromatic carbocycles. The molecular weight excluding hydrogens is 282 g/mol. The number of hydrogen-bond acceptors (Lipinski definition) is 4. The Morgan fingerprint density at radius 1 is 1.50 bits per heavy atom. The van der Waals surface area contributed by atoms with Crippen molar-refractivity contribution in [2.24, 2.45) is 5.92 Å². The van der Waals surface area contributed by atoms with Crippen LogP contribution >= 0.6 is 0 Å². The molecule has 1 saturated heterocycles. The van der Waals surface area contributed by atoms with Crippen LogP contribution in [-0.2, 0) is 26.2 Å². The van der Waals surface area contributed by atoms with Crippen molar-refractivity contribution >= 4 is 16.0 Å². The van der Waals surface area contributed by atoms with E-state index in [1.807, 2.05) is 0 Å². The Hall–Kier alpha value is -1.44. The first-order valence-corrected chi connectivity index (χ1v) is 7.70. The third-order valence-electron chi connectivity index (χ3n) is 3.35. The summed E-state index contributed by atoms with van der Waals surface area (Å²) in [5.74, 6) is -1.57. The Bertz CT molecular complexity index is 599. The number of ether oxygens (including phenoxy) is 1. The number of benzene rings is 1. The van der Waals surface area contributed by atoms with Gasteiger partial charge in [-0.05, 0) is 24.1 Å². The second kappa shape index (κ2) is 5.90. The van der Waals surface area contributed by atoms with E-state index >= 15 is 0 Å². The first-order chi connectivity index (χ1) is 9.45. The molecule has 0 aromatic heterocycles. The zero-order valence-electron chi connectivity index (χ0n) is 11.2. The molecule has 7 heteroatoms. The molecule has 0 saturated carbocycles. The summed E-state index contributed by atoms with van der Waals surface area (Å²) in [6.07, 6.45) is 0.353. The van der Waals surface area contributed by atoms with Gasteiger partial charge in [0, 0.05) is 20.2 Å². The number of sulfonamides is 1. The Morgan fingerprint density at radius 2 is 2.25 bits per heavy atom. The minimum absolute atomic E-state index is 0.0339. The Kier molecular flexibility index (Phi) is 4.42. The molecular formula is C13H17NO5S. The zero-order valence-corrected chi connectivity index (χ0v) is 12.0. The van der Waals surface area contributed by atoms with E-state index in [1.165, 1.54) is 10.4 Å². The van der Waals surface area contributed by atoms with Crippen molar-refractivity contribution < 1.29 is 23.1 Å². The van der Waals surface area contributed by atoms with Gasteiger partial charge in [-0.3, -0.25) is 4.79 Å². The molecule has 0 bridgehead atoms. The van der Waals surface area contributed by atoms with Gasteiger partial charge in [0.15, 0.2) is 0 Å². The smallest absolute Gasteiger partial charge is 0.307 e. The third-order valence-corrected chi connectivity index (χ3v) is 5.21. The molecule has 1 aliphatic rings. The summed E-state index contributed by atoms with van der Waals surface area (Å²) < 4.78 is 31.1. The van der Waals surface area contributed by atoms with Crippen LogP contribution in [0.3, 0.4) is 0 Å². The number of hydrogen-bond donors (Lipinski definition) is 1. The van der Waals surface area contributed by atoms with Gasteiger partial charge in [-0.25, -0.2) is 8.42 Å². The lowest BCUT2D eigenvalue weighted by atomic mass is 10.1. The topological polar surface area (TPSA) is 83.9 Å². The Balaban J connectivity index is 2.23. The average molecular weight is 299 g/mol. The van der Waals surface area contributed by atoms with Crippen molar-refractivity contribution in [2.45, 2.75) is 17.9 Å². The highest BCUT2D eigenvalue weighted by Crippen LogP contribution is 2.25. The van der Waals surface area contributed by atoms with E-state index < -0.39 is 21.9 Å². The van der Waals surface area contributed by atoms with E-state index in [-0.39, 0.29) is 18.0 Å². The van der Waals surface area contributed by atoms with Gasteiger partial charge in [-0.15, -0.1) is 0 Å². The number of rotatable bonds is 5. The Labute approximate surface area is 118 Å². The number of nitrogens with zero attached hydrogens (tertiary/aromatic N) is 1. The van der Waals surface area contributed by atoms with Crippen molar-refractivity contribution in [1.29, 1.82) is 0 Å². The summed E-state index contributed by atoms with van der Waals surface area (Å²) in [5, 5.41) is 8.94. The highest BCUT2D eigenvalue weighted by Gasteiger charge is 2.35. The highest BCUT2D eigenvalue weighted by atomic mass is 32.2. The molecule has 1 aromatic rings. The summed E-state index contributed by atoms with van der Waals surface area (Å²) >= 11 is 0. The second-order valence-electron chi connectivity index (χ2n) is 4.77. The van der Waals surface area contributed by atoms with Crippen LogP contribution in [0.1, 0.15) is 12.0 Å². The van der Waals surface area contributed by atoms with Gasteiger partial charge >= 0.3 is 5.97 Å². The SMILES string of the molecule is COCc1cccc(S(=O)(=O)N2CCC(C(=O)O)C2)c1. The number of carboxylic acid groups (broad SMARTS) is 1. The number of aliphatic carboxylic acids is 1. The average Bonchev–Trinajstić information content (AvgIpc) is 2.90. The quantitative estimate of drug-likeness (QED) is 0.874. The molecule has 110 valence electrons. The molecule has 1 aliphatic heterocycles. The van der Waals surface area contributed by atoms with Gasteiger partial charge < -0.3 is 9.84 Å². The summed E-state index contributed by atoms with van der Waals surface area (Å²) in [7, 11) is -2.09. The number of carboxylic acids is 1. The molecule has 6 nitrogen and oxygen atoms in total. The van der Waals surface area contributed by atoms with Gasteiger partial charge in [0.25, 0.3) is 0 Å². The zero-order chi connectivity index (χ0) is 14.8. The van der Waals surface area contributed by atoms with Crippen LogP contribution in [0.15, 0.2) is 29.2 Å². The molecule has 1 heterocycles. The molecule has 0 aliphatic carbocycles. The Morgan fingerprint density at radius 3 is 2.85 bits per heavy atom. The molecule has 0 spiro atoms. The number of methoxy groups -OCH3 is 1. The van der Waals surface area contributed by atoms with Crippen molar-refractivity contribution in [3.8, 4) is 0 Å². The highest BCUT2D eigenvalue weighted by molar-refractivity contribution is 7.89. The molecule has 1 fully saturated rings. The fourth-order valence-corrected chi connectivity index (χ4v) is 3.83. The number of carbonyl (C=O) groups is 1. The van der Waals surface area contributed by atoms with Crippen LogP contribution in [0.25, 0.3) is 0 Å². The van der Waals surface area contributed by atoms with E-state index in [1.54, 1.807) is 25.3 Å². The lowest BCUT2D eigenvalue weighted by molar-refractivity contribution is -0.141. The maximum absolute atomic E-state index is 12.5. The van der Waals surface area contributed by atoms with Crippen molar-refractivity contribution in [3.05, 3.63) is 29.8 Å². The summed E-state index contributed by atoms with van der Waals surface area (Å²) in [6, 6.07) is 6.52. The van der Waals surface area contributed by atoms with Crippen LogP contribution in [0.2, 0.25) is 0 Å². The van der Waals surface area contributed by atoms with Crippen LogP contribution in [0.4, 0.5) is 0 Å². The second-order valence-corrected chi connectivity index (χ2v) is 6.71. The largest absolute Gasteiger partial charge is 0.481 e. The van der Waals surface area contributed by atoms with Gasteiger partial charge in [0.1, 0.15) is 0 Å². The lowest BCUT2D eigenvalue weighted by Gasteiger charge is -2.16. The van der Waals surface area contributed by atoms with E-state index in [2.05, 4.69) is 0 Å². The van der Waals surface area contributed by atoms with E-state index in [4.69, 9.17) is 9.84 Å². The maximum atomic E-state index is 12.5. The van der Waals surface area contributed by atoms with Crippen LogP contribution in [-0.4, -0.2) is 44.0 Å². The van der Waals surface area contributed by atoms with Crippen molar-refractivity contribution in [2.75, 3.05) is 20.2 Å². The molecule has 2 rings (SSSR count). The van der Waals surface area contributed by atoms with Crippen LogP contribution in [0.5, 0.6) is 0 Å². The first-order valence-electron chi connectivity index (χ1n) is 6.26. The van der Waals surface area contributed by atoms with Gasteiger partial charge in [0.2, 0.25) is 10.0 Å². The first kappa shape index (κ1) is 15.0. The normalized spacial score (nSPS) is 20.1. The summed E-state index contributed by atoms with van der Waals surface area (Å²) in [4.78, 5) is 11.1. The van der Waals surface area contributed by atoms with Crippen LogP contribution < -0.4 is 0 Å². The fraction of sp³-hybridized carbons (Fsp3) is 0.462. The van der Waals surface area contributed by atoms with E-state index in [0.29, 0.717) is 13.0 Å². The molecule has 20 heavy (non-hydrogen) atoms.